The standard InChI is InChI=1S/C12H18BrNO2/c1-9(15)4-3-7-14-8-10-5-2-6-11(13)12(10)16/h2,5-6,9,14-16H,3-4,7-8H2,1H3. The number of benzene rings is 1. The smallest absolute Gasteiger partial charge is 0.134 e. The third-order valence-corrected chi connectivity index (χ3v) is 3.00. The van der Waals surface area contributed by atoms with Gasteiger partial charge in [-0.1, -0.05) is 12.1 Å². The highest BCUT2D eigenvalue weighted by Gasteiger charge is 2.03. The van der Waals surface area contributed by atoms with Crippen LogP contribution in [0.15, 0.2) is 22.7 Å². The highest BCUT2D eigenvalue weighted by Crippen LogP contribution is 2.27. The fraction of sp³-hybridized carbons (Fsp3) is 0.500. The number of aromatic hydroxyl groups is 1. The summed E-state index contributed by atoms with van der Waals surface area (Å²) in [6, 6.07) is 5.60. The largest absolute Gasteiger partial charge is 0.506 e. The summed E-state index contributed by atoms with van der Waals surface area (Å²) in [6.07, 6.45) is 1.50. The van der Waals surface area contributed by atoms with Crippen LogP contribution in [0.5, 0.6) is 5.75 Å². The van der Waals surface area contributed by atoms with Gasteiger partial charge in [-0.3, -0.25) is 0 Å². The lowest BCUT2D eigenvalue weighted by molar-refractivity contribution is 0.181. The van der Waals surface area contributed by atoms with Crippen LogP contribution < -0.4 is 5.32 Å². The minimum absolute atomic E-state index is 0.235. The zero-order valence-corrected chi connectivity index (χ0v) is 11.0. The van der Waals surface area contributed by atoms with Gasteiger partial charge in [-0.2, -0.15) is 0 Å². The van der Waals surface area contributed by atoms with Crippen LogP contribution in [0, 0.1) is 0 Å². The molecule has 0 bridgehead atoms. The molecule has 0 aliphatic heterocycles. The monoisotopic (exact) mass is 287 g/mol. The molecule has 4 heteroatoms. The maximum Gasteiger partial charge on any atom is 0.134 e. The highest BCUT2D eigenvalue weighted by molar-refractivity contribution is 9.10. The van der Waals surface area contributed by atoms with E-state index in [1.54, 1.807) is 6.92 Å². The van der Waals surface area contributed by atoms with E-state index in [0.29, 0.717) is 12.3 Å². The molecule has 16 heavy (non-hydrogen) atoms. The van der Waals surface area contributed by atoms with Crippen molar-refractivity contribution >= 4 is 15.9 Å². The van der Waals surface area contributed by atoms with Crippen LogP contribution in [0.2, 0.25) is 0 Å². The van der Waals surface area contributed by atoms with Crippen LogP contribution in [0.3, 0.4) is 0 Å². The van der Waals surface area contributed by atoms with E-state index in [1.807, 2.05) is 18.2 Å². The summed E-state index contributed by atoms with van der Waals surface area (Å²) in [5.74, 6) is 0.297. The van der Waals surface area contributed by atoms with Crippen LogP contribution in [-0.4, -0.2) is 22.9 Å². The molecule has 0 aromatic heterocycles. The van der Waals surface area contributed by atoms with Crippen LogP contribution in [-0.2, 0) is 6.54 Å². The first-order valence-electron chi connectivity index (χ1n) is 5.46. The van der Waals surface area contributed by atoms with Gasteiger partial charge in [-0.25, -0.2) is 0 Å². The molecule has 1 atom stereocenters. The van der Waals surface area contributed by atoms with E-state index in [1.165, 1.54) is 0 Å². The second-order valence-electron chi connectivity index (χ2n) is 3.92. The molecule has 90 valence electrons. The molecule has 1 unspecified atom stereocenters. The van der Waals surface area contributed by atoms with Gasteiger partial charge < -0.3 is 15.5 Å². The molecular weight excluding hydrogens is 270 g/mol. The fourth-order valence-electron chi connectivity index (χ4n) is 1.45. The molecule has 1 rings (SSSR count). The second kappa shape index (κ2) is 6.89. The van der Waals surface area contributed by atoms with Crippen LogP contribution in [0.4, 0.5) is 0 Å². The summed E-state index contributed by atoms with van der Waals surface area (Å²) in [4.78, 5) is 0. The van der Waals surface area contributed by atoms with Gasteiger partial charge in [0.1, 0.15) is 5.75 Å². The van der Waals surface area contributed by atoms with Gasteiger partial charge in [0, 0.05) is 12.1 Å². The Labute approximate surface area is 105 Å². The van der Waals surface area contributed by atoms with Gasteiger partial charge >= 0.3 is 0 Å². The number of halogens is 1. The van der Waals surface area contributed by atoms with E-state index in [0.717, 1.165) is 29.4 Å². The van der Waals surface area contributed by atoms with Gasteiger partial charge in [-0.15, -0.1) is 0 Å². The number of phenolic OH excluding ortho intramolecular Hbond substituents is 1. The average molecular weight is 288 g/mol. The van der Waals surface area contributed by atoms with Crippen molar-refractivity contribution in [3.05, 3.63) is 28.2 Å². The van der Waals surface area contributed by atoms with Crippen LogP contribution in [0.1, 0.15) is 25.3 Å². The van der Waals surface area contributed by atoms with E-state index in [9.17, 15) is 5.11 Å². The van der Waals surface area contributed by atoms with E-state index >= 15 is 0 Å². The lowest BCUT2D eigenvalue weighted by Crippen LogP contribution is -2.16. The molecule has 0 fully saturated rings. The van der Waals surface area contributed by atoms with E-state index < -0.39 is 0 Å². The molecule has 1 aromatic rings. The van der Waals surface area contributed by atoms with Gasteiger partial charge in [0.15, 0.2) is 0 Å². The molecule has 0 aliphatic carbocycles. The SMILES string of the molecule is CC(O)CCCNCc1cccc(Br)c1O. The maximum atomic E-state index is 9.72. The highest BCUT2D eigenvalue weighted by atomic mass is 79.9. The fourth-order valence-corrected chi connectivity index (χ4v) is 1.86. The first-order chi connectivity index (χ1) is 7.61. The average Bonchev–Trinajstić information content (AvgIpc) is 2.23. The molecule has 3 N–H and O–H groups in total. The van der Waals surface area contributed by atoms with Gasteiger partial charge in [0.25, 0.3) is 0 Å². The van der Waals surface area contributed by atoms with Crippen molar-refractivity contribution in [2.45, 2.75) is 32.4 Å². The van der Waals surface area contributed by atoms with E-state index in [4.69, 9.17) is 5.11 Å². The third kappa shape index (κ3) is 4.51. The number of nitrogens with one attached hydrogen (secondary N) is 1. The summed E-state index contributed by atoms with van der Waals surface area (Å²) in [5, 5.41) is 22.0. The first-order valence-corrected chi connectivity index (χ1v) is 6.25. The number of hydrogen-bond acceptors (Lipinski definition) is 3. The summed E-state index contributed by atoms with van der Waals surface area (Å²) in [7, 11) is 0. The number of phenols is 1. The molecule has 0 saturated heterocycles. The predicted molar refractivity (Wildman–Crippen MR) is 68.4 cm³/mol. The van der Waals surface area contributed by atoms with Crippen LogP contribution in [0.25, 0.3) is 0 Å². The summed E-state index contributed by atoms with van der Waals surface area (Å²) in [6.45, 7) is 3.28. The minimum atomic E-state index is -0.235. The summed E-state index contributed by atoms with van der Waals surface area (Å²) >= 11 is 3.28. The van der Waals surface area contributed by atoms with Gasteiger partial charge in [0.05, 0.1) is 10.6 Å². The lowest BCUT2D eigenvalue weighted by atomic mass is 10.2. The zero-order valence-electron chi connectivity index (χ0n) is 9.41. The Hall–Kier alpha value is -0.580. The minimum Gasteiger partial charge on any atom is -0.506 e. The van der Waals surface area contributed by atoms with Crippen molar-refractivity contribution < 1.29 is 10.2 Å². The van der Waals surface area contributed by atoms with E-state index in [-0.39, 0.29) is 6.10 Å². The number of rotatable bonds is 6. The molecule has 1 aromatic carbocycles. The third-order valence-electron chi connectivity index (χ3n) is 2.36. The Balaban J connectivity index is 2.29. The Bertz CT molecular complexity index is 329. The molecule has 0 heterocycles. The summed E-state index contributed by atoms with van der Waals surface area (Å²) in [5.41, 5.74) is 0.881. The second-order valence-corrected chi connectivity index (χ2v) is 4.77. The molecule has 0 spiro atoms. The molecule has 0 saturated carbocycles. The quantitative estimate of drug-likeness (QED) is 0.705. The Morgan fingerprint density at radius 2 is 2.19 bits per heavy atom. The number of hydrogen-bond donors (Lipinski definition) is 3. The van der Waals surface area contributed by atoms with Crippen molar-refractivity contribution in [2.75, 3.05) is 6.54 Å². The van der Waals surface area contributed by atoms with Crippen molar-refractivity contribution in [3.63, 3.8) is 0 Å². The van der Waals surface area contributed by atoms with Gasteiger partial charge in [0.2, 0.25) is 0 Å². The molecule has 3 nitrogen and oxygen atoms in total. The van der Waals surface area contributed by atoms with Crippen LogP contribution >= 0.6 is 15.9 Å². The zero-order chi connectivity index (χ0) is 12.0. The Kier molecular flexibility index (Phi) is 5.80. The molecule has 0 amide bonds. The molecule has 0 aliphatic rings. The predicted octanol–water partition coefficient (Wildman–Crippen LogP) is 2.41. The maximum absolute atomic E-state index is 9.72. The molecule has 0 radical (unpaired) electrons. The summed E-state index contributed by atoms with van der Waals surface area (Å²) < 4.78 is 0.718. The first kappa shape index (κ1) is 13.5. The Morgan fingerprint density at radius 3 is 2.88 bits per heavy atom. The topological polar surface area (TPSA) is 52.5 Å². The van der Waals surface area contributed by atoms with Crippen molar-refractivity contribution in [2.24, 2.45) is 0 Å². The number of para-hydroxylation sites is 1. The van der Waals surface area contributed by atoms with Gasteiger partial charge in [-0.05, 0) is 48.3 Å². The Morgan fingerprint density at radius 1 is 1.44 bits per heavy atom. The van der Waals surface area contributed by atoms with E-state index in [2.05, 4.69) is 21.2 Å². The van der Waals surface area contributed by atoms with Crippen molar-refractivity contribution in [1.82, 2.24) is 5.32 Å². The lowest BCUT2D eigenvalue weighted by Gasteiger charge is -2.08. The normalized spacial score (nSPS) is 12.7. The molecular formula is C12H18BrNO2. The number of aliphatic hydroxyl groups excluding tert-OH is 1. The van der Waals surface area contributed by atoms with Crippen molar-refractivity contribution in [3.8, 4) is 5.75 Å². The number of aliphatic hydroxyl groups is 1. The van der Waals surface area contributed by atoms with Crippen molar-refractivity contribution in [1.29, 1.82) is 0 Å².